The molecule has 0 bridgehead atoms. The quantitative estimate of drug-likeness (QED) is 0.535. The zero-order chi connectivity index (χ0) is 18.1. The van der Waals surface area contributed by atoms with Crippen LogP contribution in [0.5, 0.6) is 0 Å². The molecule has 3 aromatic rings. The summed E-state index contributed by atoms with van der Waals surface area (Å²) in [5.41, 5.74) is 0.381. The first-order valence-corrected chi connectivity index (χ1v) is 8.31. The summed E-state index contributed by atoms with van der Waals surface area (Å²) in [5.74, 6) is -0.529. The van der Waals surface area contributed by atoms with E-state index in [1.54, 1.807) is 54.6 Å². The molecule has 1 atom stereocenters. The van der Waals surface area contributed by atoms with Gasteiger partial charge in [0.1, 0.15) is 0 Å². The monoisotopic (exact) mass is 344 g/mol. The van der Waals surface area contributed by atoms with E-state index in [2.05, 4.69) is 0 Å². The highest BCUT2D eigenvalue weighted by molar-refractivity contribution is 6.09. The Labute approximate surface area is 150 Å². The predicted molar refractivity (Wildman–Crippen MR) is 98.3 cm³/mol. The highest BCUT2D eigenvalue weighted by Gasteiger charge is 2.62. The van der Waals surface area contributed by atoms with Crippen LogP contribution in [-0.4, -0.2) is 10.8 Å². The van der Waals surface area contributed by atoms with Gasteiger partial charge in [-0.05, 0) is 17.7 Å². The molecular formula is C21H16N2O3. The maximum Gasteiger partial charge on any atom is 0.351 e. The van der Waals surface area contributed by atoms with Crippen molar-refractivity contribution >= 4 is 11.6 Å². The van der Waals surface area contributed by atoms with Crippen LogP contribution >= 0.6 is 0 Å². The molecule has 1 aliphatic heterocycles. The van der Waals surface area contributed by atoms with Crippen LogP contribution in [-0.2, 0) is 16.9 Å². The van der Waals surface area contributed by atoms with Crippen LogP contribution in [0.4, 0.5) is 5.69 Å². The smallest absolute Gasteiger partial charge is 0.301 e. The number of nitrogens with zero attached hydrogens (tertiary/aromatic N) is 2. The Morgan fingerprint density at radius 3 is 2.08 bits per heavy atom. The van der Waals surface area contributed by atoms with Crippen molar-refractivity contribution < 1.29 is 9.72 Å². The number of hydrogen-bond acceptors (Lipinski definition) is 3. The van der Waals surface area contributed by atoms with Crippen molar-refractivity contribution in [3.05, 3.63) is 112 Å². The van der Waals surface area contributed by atoms with Crippen LogP contribution < -0.4 is 4.90 Å². The molecule has 3 aromatic carbocycles. The molecule has 5 heteroatoms. The molecule has 1 heterocycles. The zero-order valence-electron chi connectivity index (χ0n) is 13.9. The van der Waals surface area contributed by atoms with E-state index in [4.69, 9.17) is 0 Å². The molecule has 26 heavy (non-hydrogen) atoms. The molecule has 128 valence electrons. The first kappa shape index (κ1) is 16.0. The van der Waals surface area contributed by atoms with Crippen molar-refractivity contribution in [1.82, 2.24) is 0 Å². The fourth-order valence-corrected chi connectivity index (χ4v) is 3.60. The van der Waals surface area contributed by atoms with Gasteiger partial charge in [0.05, 0.1) is 17.8 Å². The summed E-state index contributed by atoms with van der Waals surface area (Å²) in [5, 5.41) is 12.3. The van der Waals surface area contributed by atoms with Gasteiger partial charge in [-0.25, -0.2) is 0 Å². The Morgan fingerprint density at radius 2 is 1.42 bits per heavy atom. The zero-order valence-corrected chi connectivity index (χ0v) is 13.9. The molecule has 4 rings (SSSR count). The standard InChI is InChI=1S/C21H16N2O3/c24-20-21(23(25)26,17-11-5-2-6-12-17)18-13-7-8-14-19(18)22(20)15-16-9-3-1-4-10-16/h1-14H,15H2/t21-/m1/s1. The highest BCUT2D eigenvalue weighted by atomic mass is 16.6. The number of rotatable bonds is 4. The minimum absolute atomic E-state index is 0.291. The van der Waals surface area contributed by atoms with Crippen molar-refractivity contribution in [2.24, 2.45) is 0 Å². The normalized spacial score (nSPS) is 18.6. The van der Waals surface area contributed by atoms with Gasteiger partial charge in [-0.1, -0.05) is 72.8 Å². The molecule has 0 unspecified atom stereocenters. The minimum Gasteiger partial charge on any atom is -0.301 e. The number of carbonyl (C=O) groups excluding carboxylic acids is 1. The molecule has 1 amide bonds. The lowest BCUT2D eigenvalue weighted by Gasteiger charge is -2.21. The highest BCUT2D eigenvalue weighted by Crippen LogP contribution is 2.46. The Bertz CT molecular complexity index is 973. The van der Waals surface area contributed by atoms with E-state index in [0.29, 0.717) is 23.4 Å². The summed E-state index contributed by atoms with van der Waals surface area (Å²) >= 11 is 0. The number of carbonyl (C=O) groups is 1. The van der Waals surface area contributed by atoms with Gasteiger partial charge in [0, 0.05) is 10.5 Å². The first-order valence-electron chi connectivity index (χ1n) is 8.31. The Morgan fingerprint density at radius 1 is 0.846 bits per heavy atom. The lowest BCUT2D eigenvalue weighted by atomic mass is 9.84. The van der Waals surface area contributed by atoms with Crippen molar-refractivity contribution in [2.75, 3.05) is 4.90 Å². The molecule has 0 aromatic heterocycles. The van der Waals surface area contributed by atoms with E-state index < -0.39 is 16.4 Å². The van der Waals surface area contributed by atoms with Crippen molar-refractivity contribution in [2.45, 2.75) is 12.1 Å². The van der Waals surface area contributed by atoms with E-state index >= 15 is 0 Å². The summed E-state index contributed by atoms with van der Waals surface area (Å²) in [7, 11) is 0. The van der Waals surface area contributed by atoms with E-state index in [1.807, 2.05) is 30.3 Å². The Hall–Kier alpha value is -3.47. The van der Waals surface area contributed by atoms with Crippen molar-refractivity contribution in [3.63, 3.8) is 0 Å². The third kappa shape index (κ3) is 2.21. The second-order valence-corrected chi connectivity index (χ2v) is 6.23. The largest absolute Gasteiger partial charge is 0.351 e. The van der Waals surface area contributed by atoms with Crippen LogP contribution in [0.15, 0.2) is 84.9 Å². The van der Waals surface area contributed by atoms with Crippen LogP contribution in [0.25, 0.3) is 0 Å². The van der Waals surface area contributed by atoms with Gasteiger partial charge in [-0.3, -0.25) is 14.9 Å². The SMILES string of the molecule is O=C1N(Cc2ccccc2)c2ccccc2[C@@]1(c1ccccc1)[N+](=O)[O-]. The van der Waals surface area contributed by atoms with Gasteiger partial charge in [0.15, 0.2) is 0 Å². The topological polar surface area (TPSA) is 63.5 Å². The second kappa shape index (κ2) is 6.11. The van der Waals surface area contributed by atoms with E-state index in [1.165, 1.54) is 4.90 Å². The fourth-order valence-electron chi connectivity index (χ4n) is 3.60. The number of amides is 1. The summed E-state index contributed by atoms with van der Waals surface area (Å²) < 4.78 is 0. The number of anilines is 1. The maximum atomic E-state index is 13.4. The van der Waals surface area contributed by atoms with Gasteiger partial charge in [0.25, 0.3) is 0 Å². The van der Waals surface area contributed by atoms with Crippen LogP contribution in [0.2, 0.25) is 0 Å². The van der Waals surface area contributed by atoms with Gasteiger partial charge in [0.2, 0.25) is 0 Å². The summed E-state index contributed by atoms with van der Waals surface area (Å²) in [4.78, 5) is 26.7. The molecule has 1 aliphatic rings. The van der Waals surface area contributed by atoms with Crippen molar-refractivity contribution in [3.8, 4) is 0 Å². The second-order valence-electron chi connectivity index (χ2n) is 6.23. The number of para-hydroxylation sites is 1. The number of nitro groups is 1. The van der Waals surface area contributed by atoms with Crippen molar-refractivity contribution in [1.29, 1.82) is 0 Å². The molecule has 0 radical (unpaired) electrons. The molecule has 0 saturated heterocycles. The molecular weight excluding hydrogens is 328 g/mol. The third-order valence-electron chi connectivity index (χ3n) is 4.79. The minimum atomic E-state index is -1.91. The molecule has 0 saturated carbocycles. The van der Waals surface area contributed by atoms with Gasteiger partial charge in [-0.2, -0.15) is 0 Å². The lowest BCUT2D eigenvalue weighted by Crippen LogP contribution is -2.46. The predicted octanol–water partition coefficient (Wildman–Crippen LogP) is 3.75. The number of benzene rings is 3. The van der Waals surface area contributed by atoms with Gasteiger partial charge in [-0.15, -0.1) is 0 Å². The van der Waals surface area contributed by atoms with Gasteiger partial charge < -0.3 is 4.90 Å². The summed E-state index contributed by atoms with van der Waals surface area (Å²) in [6.45, 7) is 0.291. The molecule has 5 nitrogen and oxygen atoms in total. The molecule has 0 fully saturated rings. The molecule has 0 N–H and O–H groups in total. The van der Waals surface area contributed by atoms with Gasteiger partial charge >= 0.3 is 11.4 Å². The molecule has 0 spiro atoms. The summed E-state index contributed by atoms with van der Waals surface area (Å²) in [6.07, 6.45) is 0. The van der Waals surface area contributed by atoms with Crippen LogP contribution in [0, 0.1) is 10.1 Å². The maximum absolute atomic E-state index is 13.4. The van der Waals surface area contributed by atoms with Crippen LogP contribution in [0.1, 0.15) is 16.7 Å². The lowest BCUT2D eigenvalue weighted by molar-refractivity contribution is -0.546. The van der Waals surface area contributed by atoms with E-state index in [0.717, 1.165) is 5.56 Å². The number of fused-ring (bicyclic) bond motifs is 1. The first-order chi connectivity index (χ1) is 12.7. The molecule has 0 aliphatic carbocycles. The number of hydrogen-bond donors (Lipinski definition) is 0. The average molecular weight is 344 g/mol. The fraction of sp³-hybridized carbons (Fsp3) is 0.0952. The van der Waals surface area contributed by atoms with E-state index in [9.17, 15) is 14.9 Å². The average Bonchev–Trinajstić information content (AvgIpc) is 2.93. The third-order valence-corrected chi connectivity index (χ3v) is 4.79. The summed E-state index contributed by atoms with van der Waals surface area (Å²) in [6, 6.07) is 25.0. The Balaban J connectivity index is 1.91. The van der Waals surface area contributed by atoms with Crippen LogP contribution in [0.3, 0.4) is 0 Å². The van der Waals surface area contributed by atoms with E-state index in [-0.39, 0.29) is 0 Å². The Kier molecular flexibility index (Phi) is 3.77.